The fourth-order valence-corrected chi connectivity index (χ4v) is 4.07. The van der Waals surface area contributed by atoms with Gasteiger partial charge in [0.25, 0.3) is 5.69 Å². The number of non-ortho nitro benzene ring substituents is 1. The Morgan fingerprint density at radius 2 is 1.66 bits per heavy atom. The van der Waals surface area contributed by atoms with Crippen molar-refractivity contribution in [2.75, 3.05) is 20.4 Å². The van der Waals surface area contributed by atoms with Crippen LogP contribution < -0.4 is 0 Å². The fourth-order valence-electron chi connectivity index (χ4n) is 4.07. The summed E-state index contributed by atoms with van der Waals surface area (Å²) in [6.07, 6.45) is 0. The van der Waals surface area contributed by atoms with Crippen molar-refractivity contribution in [3.05, 3.63) is 98.4 Å². The van der Waals surface area contributed by atoms with Gasteiger partial charge in [-0.2, -0.15) is 0 Å². The molecule has 0 unspecified atom stereocenters. The minimum atomic E-state index is -0.927. The molecule has 35 heavy (non-hydrogen) atoms. The van der Waals surface area contributed by atoms with E-state index in [1.807, 2.05) is 37.3 Å². The van der Waals surface area contributed by atoms with E-state index in [1.54, 1.807) is 24.8 Å². The molecule has 0 aliphatic carbocycles. The van der Waals surface area contributed by atoms with E-state index in [-0.39, 0.29) is 30.2 Å². The molecule has 9 heteroatoms. The molecule has 9 nitrogen and oxygen atoms in total. The number of nitro groups is 1. The lowest BCUT2D eigenvalue weighted by atomic mass is 9.79. The number of rotatable bonds is 9. The van der Waals surface area contributed by atoms with Gasteiger partial charge in [0, 0.05) is 30.1 Å². The molecule has 0 saturated heterocycles. The second kappa shape index (κ2) is 11.4. The van der Waals surface area contributed by atoms with Crippen LogP contribution in [0.2, 0.25) is 0 Å². The number of methoxy groups -OCH3 is 1. The largest absolute Gasteiger partial charge is 0.466 e. The number of hydrogen-bond donors (Lipinski definition) is 0. The summed E-state index contributed by atoms with van der Waals surface area (Å²) in [5.74, 6) is -2.22. The Balaban J connectivity index is 2.15. The van der Waals surface area contributed by atoms with E-state index >= 15 is 0 Å². The maximum Gasteiger partial charge on any atom is 0.337 e. The second-order valence-electron chi connectivity index (χ2n) is 7.89. The molecule has 2 aromatic carbocycles. The van der Waals surface area contributed by atoms with Gasteiger partial charge < -0.3 is 19.1 Å². The standard InChI is InChI=1S/C26H28N2O7/c1-5-34-16-27-17(2)22(25(29)33-4)24(20-12-9-13-21(14-20)28(31)32)23(18(27)3)26(30)35-15-19-10-7-6-8-11-19/h6-14,24H,5,15-16H2,1-4H3/t24-/m0/s1. The molecule has 0 N–H and O–H groups in total. The minimum Gasteiger partial charge on any atom is -0.466 e. The number of carbonyl (C=O) groups excluding carboxylic acids is 2. The van der Waals surface area contributed by atoms with E-state index in [4.69, 9.17) is 14.2 Å². The Kier molecular flexibility index (Phi) is 8.38. The number of nitrogens with zero attached hydrogens (tertiary/aromatic N) is 2. The molecule has 0 saturated carbocycles. The van der Waals surface area contributed by atoms with Gasteiger partial charge >= 0.3 is 11.9 Å². The highest BCUT2D eigenvalue weighted by Gasteiger charge is 2.41. The van der Waals surface area contributed by atoms with Crippen LogP contribution in [0.1, 0.15) is 37.8 Å². The van der Waals surface area contributed by atoms with Gasteiger partial charge in [-0.3, -0.25) is 10.1 Å². The molecular formula is C26H28N2O7. The molecule has 3 rings (SSSR count). The van der Waals surface area contributed by atoms with Crippen LogP contribution in [0.15, 0.2) is 77.1 Å². The second-order valence-corrected chi connectivity index (χ2v) is 7.89. The summed E-state index contributed by atoms with van der Waals surface area (Å²) in [7, 11) is 1.25. The van der Waals surface area contributed by atoms with Crippen LogP contribution in [-0.2, 0) is 30.4 Å². The number of hydrogen-bond acceptors (Lipinski definition) is 8. The number of allylic oxidation sites excluding steroid dienone is 2. The van der Waals surface area contributed by atoms with E-state index in [0.717, 1.165) is 5.56 Å². The van der Waals surface area contributed by atoms with Gasteiger partial charge in [-0.25, -0.2) is 9.59 Å². The van der Waals surface area contributed by atoms with Gasteiger partial charge in [0.1, 0.15) is 13.3 Å². The average Bonchev–Trinajstić information content (AvgIpc) is 2.87. The summed E-state index contributed by atoms with van der Waals surface area (Å²) in [6.45, 7) is 5.85. The molecule has 1 aliphatic heterocycles. The first-order chi connectivity index (χ1) is 16.8. The van der Waals surface area contributed by atoms with Gasteiger partial charge in [-0.1, -0.05) is 42.5 Å². The lowest BCUT2D eigenvalue weighted by Crippen LogP contribution is -2.36. The van der Waals surface area contributed by atoms with Crippen molar-refractivity contribution in [1.29, 1.82) is 0 Å². The van der Waals surface area contributed by atoms with Gasteiger partial charge in [0.15, 0.2) is 0 Å². The van der Waals surface area contributed by atoms with Crippen molar-refractivity contribution in [2.24, 2.45) is 0 Å². The Morgan fingerprint density at radius 1 is 1.00 bits per heavy atom. The van der Waals surface area contributed by atoms with Crippen molar-refractivity contribution in [2.45, 2.75) is 33.3 Å². The highest BCUT2D eigenvalue weighted by molar-refractivity contribution is 5.99. The van der Waals surface area contributed by atoms with Gasteiger partial charge in [0.2, 0.25) is 0 Å². The van der Waals surface area contributed by atoms with Gasteiger partial charge in [0.05, 0.1) is 29.1 Å². The van der Waals surface area contributed by atoms with Gasteiger partial charge in [-0.05, 0) is 31.9 Å². The molecule has 184 valence electrons. The summed E-state index contributed by atoms with van der Waals surface area (Å²) >= 11 is 0. The molecule has 2 aromatic rings. The van der Waals surface area contributed by atoms with Crippen molar-refractivity contribution < 1.29 is 28.7 Å². The van der Waals surface area contributed by atoms with Crippen LogP contribution in [0.5, 0.6) is 0 Å². The molecule has 0 fully saturated rings. The number of esters is 2. The zero-order valence-electron chi connectivity index (χ0n) is 20.1. The molecule has 1 aliphatic rings. The molecule has 0 aromatic heterocycles. The quantitative estimate of drug-likeness (QED) is 0.294. The van der Waals surface area contributed by atoms with E-state index < -0.39 is 22.8 Å². The highest BCUT2D eigenvalue weighted by atomic mass is 16.6. The first-order valence-corrected chi connectivity index (χ1v) is 11.1. The maximum absolute atomic E-state index is 13.5. The normalized spacial score (nSPS) is 15.8. The summed E-state index contributed by atoms with van der Waals surface area (Å²) in [5, 5.41) is 11.5. The van der Waals surface area contributed by atoms with Crippen LogP contribution >= 0.6 is 0 Å². The Labute approximate surface area is 203 Å². The third kappa shape index (κ3) is 5.58. The molecule has 0 spiro atoms. The molecule has 1 heterocycles. The lowest BCUT2D eigenvalue weighted by Gasteiger charge is -2.37. The van der Waals surface area contributed by atoms with Crippen LogP contribution in [0.25, 0.3) is 0 Å². The van der Waals surface area contributed by atoms with Crippen molar-refractivity contribution in [3.63, 3.8) is 0 Å². The lowest BCUT2D eigenvalue weighted by molar-refractivity contribution is -0.384. The monoisotopic (exact) mass is 480 g/mol. The number of benzene rings is 2. The van der Waals surface area contributed by atoms with E-state index in [9.17, 15) is 19.7 Å². The number of carbonyl (C=O) groups is 2. The van der Waals surface area contributed by atoms with E-state index in [2.05, 4.69) is 0 Å². The summed E-state index contributed by atoms with van der Waals surface area (Å²) in [6, 6.07) is 15.1. The Hall–Kier alpha value is -3.98. The third-order valence-electron chi connectivity index (χ3n) is 5.84. The molecule has 0 radical (unpaired) electrons. The SMILES string of the molecule is CCOCN1C(C)=C(C(=O)OC)[C@H](c2cccc([N+](=O)[O-])c2)C(C(=O)OCc2ccccc2)=C1C. The van der Waals surface area contributed by atoms with Gasteiger partial charge in [-0.15, -0.1) is 0 Å². The molecule has 1 atom stereocenters. The highest BCUT2D eigenvalue weighted by Crippen LogP contribution is 2.43. The van der Waals surface area contributed by atoms with Crippen molar-refractivity contribution in [1.82, 2.24) is 4.90 Å². The topological polar surface area (TPSA) is 108 Å². The number of nitro benzene ring substituents is 1. The smallest absolute Gasteiger partial charge is 0.337 e. The zero-order valence-corrected chi connectivity index (χ0v) is 20.1. The summed E-state index contributed by atoms with van der Waals surface area (Å²) < 4.78 is 16.3. The average molecular weight is 481 g/mol. The number of ether oxygens (including phenoxy) is 3. The maximum atomic E-state index is 13.5. The van der Waals surface area contributed by atoms with Crippen LogP contribution in [0, 0.1) is 10.1 Å². The zero-order chi connectivity index (χ0) is 25.5. The predicted octanol–water partition coefficient (Wildman–Crippen LogP) is 4.45. The first-order valence-electron chi connectivity index (χ1n) is 11.1. The predicted molar refractivity (Wildman–Crippen MR) is 128 cm³/mol. The van der Waals surface area contributed by atoms with E-state index in [0.29, 0.717) is 23.6 Å². The fraction of sp³-hybridized carbons (Fsp3) is 0.308. The Bertz CT molecular complexity index is 1170. The summed E-state index contributed by atoms with van der Waals surface area (Å²) in [5.41, 5.74) is 2.47. The molecule has 0 amide bonds. The molecule has 0 bridgehead atoms. The molecular weight excluding hydrogens is 452 g/mol. The van der Waals surface area contributed by atoms with Crippen LogP contribution in [0.4, 0.5) is 5.69 Å². The Morgan fingerprint density at radius 3 is 2.26 bits per heavy atom. The minimum absolute atomic E-state index is 0.0276. The van der Waals surface area contributed by atoms with Crippen molar-refractivity contribution >= 4 is 17.6 Å². The van der Waals surface area contributed by atoms with Crippen LogP contribution in [0.3, 0.4) is 0 Å². The van der Waals surface area contributed by atoms with E-state index in [1.165, 1.54) is 25.3 Å². The summed E-state index contributed by atoms with van der Waals surface area (Å²) in [4.78, 5) is 39.2. The van der Waals surface area contributed by atoms with Crippen LogP contribution in [-0.4, -0.2) is 42.2 Å². The first kappa shape index (κ1) is 25.6. The van der Waals surface area contributed by atoms with Crippen molar-refractivity contribution in [3.8, 4) is 0 Å². The third-order valence-corrected chi connectivity index (χ3v) is 5.84.